The SMILES string of the molecule is CCNC(=NCc1cc(Br)c(OC)c(OC)c1)NC1CC2CCC1O2. The number of guanidine groups is 1. The van der Waals surface area contributed by atoms with Gasteiger partial charge in [0.2, 0.25) is 0 Å². The molecule has 2 aliphatic heterocycles. The summed E-state index contributed by atoms with van der Waals surface area (Å²) in [4.78, 5) is 4.72. The van der Waals surface area contributed by atoms with Gasteiger partial charge in [-0.25, -0.2) is 4.99 Å². The minimum atomic E-state index is 0.323. The van der Waals surface area contributed by atoms with Crippen molar-refractivity contribution in [1.29, 1.82) is 0 Å². The molecule has 0 aliphatic carbocycles. The van der Waals surface area contributed by atoms with E-state index in [0.717, 1.165) is 35.4 Å². The van der Waals surface area contributed by atoms with E-state index in [2.05, 4.69) is 33.5 Å². The van der Waals surface area contributed by atoms with Crippen molar-refractivity contribution in [2.75, 3.05) is 20.8 Å². The van der Waals surface area contributed by atoms with Crippen LogP contribution in [-0.4, -0.2) is 45.0 Å². The molecule has 0 aromatic heterocycles. The summed E-state index contributed by atoms with van der Waals surface area (Å²) >= 11 is 3.53. The number of hydrogen-bond donors (Lipinski definition) is 2. The van der Waals surface area contributed by atoms with Gasteiger partial charge in [-0.15, -0.1) is 0 Å². The summed E-state index contributed by atoms with van der Waals surface area (Å²) in [5.74, 6) is 2.22. The molecule has 1 aromatic carbocycles. The zero-order valence-corrected chi connectivity index (χ0v) is 16.6. The molecule has 2 bridgehead atoms. The topological polar surface area (TPSA) is 64.1 Å². The summed E-state index contributed by atoms with van der Waals surface area (Å²) in [7, 11) is 3.27. The number of methoxy groups -OCH3 is 2. The highest BCUT2D eigenvalue weighted by Crippen LogP contribution is 2.36. The number of benzene rings is 1. The lowest BCUT2D eigenvalue weighted by molar-refractivity contribution is 0.0992. The van der Waals surface area contributed by atoms with Crippen molar-refractivity contribution >= 4 is 21.9 Å². The molecule has 1 aromatic rings. The van der Waals surface area contributed by atoms with Crippen molar-refractivity contribution in [3.8, 4) is 11.5 Å². The Hall–Kier alpha value is -1.47. The fourth-order valence-electron chi connectivity index (χ4n) is 3.52. The van der Waals surface area contributed by atoms with Gasteiger partial charge in [0.1, 0.15) is 0 Å². The molecule has 2 heterocycles. The van der Waals surface area contributed by atoms with E-state index >= 15 is 0 Å². The minimum absolute atomic E-state index is 0.323. The van der Waals surface area contributed by atoms with E-state index in [9.17, 15) is 0 Å². The minimum Gasteiger partial charge on any atom is -0.493 e. The van der Waals surface area contributed by atoms with Crippen LogP contribution < -0.4 is 20.1 Å². The molecule has 3 unspecified atom stereocenters. The number of nitrogens with zero attached hydrogens (tertiary/aromatic N) is 1. The second kappa shape index (κ2) is 8.27. The zero-order valence-electron chi connectivity index (χ0n) is 15.0. The predicted octanol–water partition coefficient (Wildman–Crippen LogP) is 2.84. The fourth-order valence-corrected chi connectivity index (χ4v) is 4.17. The molecule has 0 saturated carbocycles. The molecule has 3 atom stereocenters. The van der Waals surface area contributed by atoms with Gasteiger partial charge in [0.05, 0.1) is 43.5 Å². The first-order valence-corrected chi connectivity index (χ1v) is 9.54. The number of halogens is 1. The average molecular weight is 412 g/mol. The van der Waals surface area contributed by atoms with Crippen LogP contribution in [0.15, 0.2) is 21.6 Å². The van der Waals surface area contributed by atoms with Crippen LogP contribution >= 0.6 is 15.9 Å². The highest BCUT2D eigenvalue weighted by Gasteiger charge is 2.41. The molecule has 2 aliphatic rings. The Morgan fingerprint density at radius 2 is 2.16 bits per heavy atom. The molecular weight excluding hydrogens is 386 g/mol. The van der Waals surface area contributed by atoms with Gasteiger partial charge in [-0.1, -0.05) is 0 Å². The van der Waals surface area contributed by atoms with Crippen LogP contribution in [0.25, 0.3) is 0 Å². The smallest absolute Gasteiger partial charge is 0.191 e. The van der Waals surface area contributed by atoms with Crippen LogP contribution in [0.1, 0.15) is 31.7 Å². The van der Waals surface area contributed by atoms with E-state index in [1.165, 1.54) is 6.42 Å². The van der Waals surface area contributed by atoms with Crippen molar-refractivity contribution in [2.45, 2.75) is 51.0 Å². The Morgan fingerprint density at radius 3 is 2.76 bits per heavy atom. The number of ether oxygens (including phenoxy) is 3. The number of rotatable bonds is 6. The van der Waals surface area contributed by atoms with Crippen LogP contribution in [0.2, 0.25) is 0 Å². The number of fused-ring (bicyclic) bond motifs is 2. The second-order valence-corrected chi connectivity index (χ2v) is 7.22. The Labute approximate surface area is 157 Å². The molecule has 3 rings (SSSR count). The van der Waals surface area contributed by atoms with Gasteiger partial charge < -0.3 is 24.8 Å². The number of nitrogens with one attached hydrogen (secondary N) is 2. The van der Waals surface area contributed by atoms with Crippen molar-refractivity contribution in [1.82, 2.24) is 10.6 Å². The van der Waals surface area contributed by atoms with Crippen LogP contribution in [-0.2, 0) is 11.3 Å². The Morgan fingerprint density at radius 1 is 1.32 bits per heavy atom. The van der Waals surface area contributed by atoms with Gasteiger partial charge in [-0.3, -0.25) is 0 Å². The highest BCUT2D eigenvalue weighted by atomic mass is 79.9. The van der Waals surface area contributed by atoms with Gasteiger partial charge in [0.15, 0.2) is 17.5 Å². The lowest BCUT2D eigenvalue weighted by Crippen LogP contribution is -2.47. The third kappa shape index (κ3) is 4.20. The van der Waals surface area contributed by atoms with E-state index in [1.807, 2.05) is 12.1 Å². The maximum absolute atomic E-state index is 5.92. The largest absolute Gasteiger partial charge is 0.493 e. The molecule has 0 amide bonds. The van der Waals surface area contributed by atoms with Gasteiger partial charge in [0.25, 0.3) is 0 Å². The van der Waals surface area contributed by atoms with Crippen LogP contribution in [0.4, 0.5) is 0 Å². The summed E-state index contributed by atoms with van der Waals surface area (Å²) in [5, 5.41) is 6.85. The number of aliphatic imine (C=N–C) groups is 1. The molecule has 25 heavy (non-hydrogen) atoms. The summed E-state index contributed by atoms with van der Waals surface area (Å²) in [5.41, 5.74) is 1.05. The first-order valence-electron chi connectivity index (χ1n) is 8.75. The summed E-state index contributed by atoms with van der Waals surface area (Å²) in [6.45, 7) is 3.45. The molecular formula is C18H26BrN3O3. The summed E-state index contributed by atoms with van der Waals surface area (Å²) in [6, 6.07) is 4.32. The van der Waals surface area contributed by atoms with Crippen LogP contribution in [0, 0.1) is 0 Å². The molecule has 0 radical (unpaired) electrons. The Balaban J connectivity index is 1.70. The molecule has 2 saturated heterocycles. The predicted molar refractivity (Wildman–Crippen MR) is 101 cm³/mol. The van der Waals surface area contributed by atoms with Crippen molar-refractivity contribution in [2.24, 2.45) is 4.99 Å². The first kappa shape index (κ1) is 18.3. The maximum Gasteiger partial charge on any atom is 0.191 e. The molecule has 138 valence electrons. The first-order chi connectivity index (χ1) is 12.1. The maximum atomic E-state index is 5.92. The summed E-state index contributed by atoms with van der Waals surface area (Å²) in [6.07, 6.45) is 4.15. The van der Waals surface area contributed by atoms with Gasteiger partial charge >= 0.3 is 0 Å². The lowest BCUT2D eigenvalue weighted by Gasteiger charge is -2.22. The van der Waals surface area contributed by atoms with E-state index in [1.54, 1.807) is 14.2 Å². The lowest BCUT2D eigenvalue weighted by atomic mass is 9.96. The van der Waals surface area contributed by atoms with Gasteiger partial charge in [-0.05, 0) is 59.8 Å². The van der Waals surface area contributed by atoms with Crippen molar-refractivity contribution in [3.63, 3.8) is 0 Å². The Kier molecular flexibility index (Phi) is 6.06. The van der Waals surface area contributed by atoms with Gasteiger partial charge in [0, 0.05) is 6.54 Å². The van der Waals surface area contributed by atoms with Crippen molar-refractivity contribution in [3.05, 3.63) is 22.2 Å². The fraction of sp³-hybridized carbons (Fsp3) is 0.611. The van der Waals surface area contributed by atoms with Crippen LogP contribution in [0.5, 0.6) is 11.5 Å². The van der Waals surface area contributed by atoms with E-state index < -0.39 is 0 Å². The highest BCUT2D eigenvalue weighted by molar-refractivity contribution is 9.10. The monoisotopic (exact) mass is 411 g/mol. The molecule has 2 fully saturated rings. The second-order valence-electron chi connectivity index (χ2n) is 6.37. The zero-order chi connectivity index (χ0) is 17.8. The Bertz CT molecular complexity index is 638. The normalized spacial score (nSPS) is 25.1. The molecule has 0 spiro atoms. The number of hydrogen-bond acceptors (Lipinski definition) is 4. The summed E-state index contributed by atoms with van der Waals surface area (Å²) < 4.78 is 17.5. The van der Waals surface area contributed by atoms with Crippen molar-refractivity contribution < 1.29 is 14.2 Å². The molecule has 7 heteroatoms. The van der Waals surface area contributed by atoms with E-state index in [-0.39, 0.29) is 0 Å². The third-order valence-electron chi connectivity index (χ3n) is 4.69. The standard InChI is InChI=1S/C18H26BrN3O3/c1-4-20-18(22-14-9-12-5-6-15(14)25-12)21-10-11-7-13(19)17(24-3)16(8-11)23-2/h7-8,12,14-15H,4-6,9-10H2,1-3H3,(H2,20,21,22). The van der Waals surface area contributed by atoms with E-state index in [0.29, 0.717) is 36.3 Å². The molecule has 6 nitrogen and oxygen atoms in total. The quantitative estimate of drug-likeness (QED) is 0.556. The third-order valence-corrected chi connectivity index (χ3v) is 5.27. The average Bonchev–Trinajstić information content (AvgIpc) is 3.22. The van der Waals surface area contributed by atoms with E-state index in [4.69, 9.17) is 19.2 Å². The molecule has 2 N–H and O–H groups in total. The van der Waals surface area contributed by atoms with Gasteiger partial charge in [-0.2, -0.15) is 0 Å². The van der Waals surface area contributed by atoms with Crippen LogP contribution in [0.3, 0.4) is 0 Å².